The van der Waals surface area contributed by atoms with Crippen LogP contribution >= 0.6 is 0 Å². The van der Waals surface area contributed by atoms with Crippen LogP contribution in [-0.4, -0.2) is 9.13 Å². The standard InChI is InChI=1S/C60H44N4.C2H6/c1-5-17-45(18-6-1)61(46-19-7-2-8-20-46)49-31-35-51(36-32-49)63-57-27-15-13-25-53(57)55-41-43(29-39-59(55)63)44-30-40-60-56(42-44)54-26-14-16-28-58(54)64(60)52-37-33-50(34-38-52)62(47-21-9-3-10-22-47)48-23-11-4-12-24-48;1-2/h1-11,13-23,25-42H,12,24H2;1-2H3. The van der Waals surface area contributed by atoms with Crippen LogP contribution in [0.15, 0.2) is 248 Å². The zero-order valence-corrected chi connectivity index (χ0v) is 37.3. The van der Waals surface area contributed by atoms with E-state index in [1.165, 1.54) is 66.1 Å². The number of allylic oxidation sites excluding steroid dienone is 4. The Labute approximate surface area is 386 Å². The van der Waals surface area contributed by atoms with E-state index in [0.717, 1.165) is 47.0 Å². The van der Waals surface area contributed by atoms with Crippen LogP contribution in [-0.2, 0) is 0 Å². The van der Waals surface area contributed by atoms with Crippen LogP contribution in [0.2, 0.25) is 0 Å². The first-order valence-corrected chi connectivity index (χ1v) is 23.2. The Morgan fingerprint density at radius 1 is 0.348 bits per heavy atom. The second kappa shape index (κ2) is 17.7. The third-order valence-corrected chi connectivity index (χ3v) is 12.7. The van der Waals surface area contributed by atoms with Crippen LogP contribution in [0.1, 0.15) is 26.7 Å². The number of para-hydroxylation sites is 5. The van der Waals surface area contributed by atoms with Crippen LogP contribution in [0.5, 0.6) is 0 Å². The molecule has 0 fully saturated rings. The van der Waals surface area contributed by atoms with Crippen molar-refractivity contribution in [1.82, 2.24) is 9.13 Å². The summed E-state index contributed by atoms with van der Waals surface area (Å²) in [6, 6.07) is 81.4. The molecule has 9 aromatic carbocycles. The molecule has 2 heterocycles. The lowest BCUT2D eigenvalue weighted by molar-refractivity contribution is 0.917. The first-order chi connectivity index (χ1) is 32.8. The van der Waals surface area contributed by atoms with E-state index in [1.807, 2.05) is 13.8 Å². The molecule has 0 radical (unpaired) electrons. The Morgan fingerprint density at radius 3 is 1.17 bits per heavy atom. The molecule has 0 saturated heterocycles. The Balaban J connectivity index is 0.00000238. The number of fused-ring (bicyclic) bond motifs is 6. The van der Waals surface area contributed by atoms with Gasteiger partial charge in [0.05, 0.1) is 22.1 Å². The number of rotatable bonds is 9. The molecule has 4 nitrogen and oxygen atoms in total. The molecule has 0 aliphatic heterocycles. The summed E-state index contributed by atoms with van der Waals surface area (Å²) < 4.78 is 4.81. The Kier molecular flexibility index (Phi) is 10.8. The van der Waals surface area contributed by atoms with E-state index < -0.39 is 0 Å². The SMILES string of the molecule is C1=CCCC(N(c2ccccc2)c2ccc(-n3c4ccccc4c4cc(-c5ccc6c(c5)c5ccccc5n6-c5ccc(N(c6ccccc6)c6ccccc6)cc5)ccc43)cc2)=C1.CC. The molecule has 66 heavy (non-hydrogen) atoms. The van der Waals surface area contributed by atoms with Gasteiger partial charge in [0.15, 0.2) is 0 Å². The first-order valence-electron chi connectivity index (χ1n) is 23.2. The third kappa shape index (κ3) is 7.23. The highest BCUT2D eigenvalue weighted by atomic mass is 15.2. The van der Waals surface area contributed by atoms with E-state index in [4.69, 9.17) is 0 Å². The molecule has 0 atom stereocenters. The molecule has 0 bridgehead atoms. The molecular formula is C62H50N4. The van der Waals surface area contributed by atoms with Gasteiger partial charge >= 0.3 is 0 Å². The van der Waals surface area contributed by atoms with Crippen molar-refractivity contribution in [2.24, 2.45) is 0 Å². The quantitative estimate of drug-likeness (QED) is 0.144. The Morgan fingerprint density at radius 2 is 0.727 bits per heavy atom. The second-order valence-corrected chi connectivity index (χ2v) is 16.5. The van der Waals surface area contributed by atoms with Gasteiger partial charge in [-0.05, 0) is 151 Å². The number of hydrogen-bond donors (Lipinski definition) is 0. The van der Waals surface area contributed by atoms with E-state index in [-0.39, 0.29) is 0 Å². The molecular weight excluding hydrogens is 801 g/mol. The predicted octanol–water partition coefficient (Wildman–Crippen LogP) is 17.4. The fourth-order valence-electron chi connectivity index (χ4n) is 9.80. The van der Waals surface area contributed by atoms with Crippen molar-refractivity contribution < 1.29 is 0 Å². The van der Waals surface area contributed by atoms with Gasteiger partial charge in [-0.1, -0.05) is 129 Å². The van der Waals surface area contributed by atoms with Crippen LogP contribution < -0.4 is 9.80 Å². The van der Waals surface area contributed by atoms with Gasteiger partial charge in [0.25, 0.3) is 0 Å². The van der Waals surface area contributed by atoms with E-state index in [2.05, 4.69) is 262 Å². The average molecular weight is 851 g/mol. The molecule has 11 aromatic rings. The summed E-state index contributed by atoms with van der Waals surface area (Å²) in [6.45, 7) is 4.00. The smallest absolute Gasteiger partial charge is 0.0541 e. The summed E-state index contributed by atoms with van der Waals surface area (Å²) in [4.78, 5) is 4.70. The summed E-state index contributed by atoms with van der Waals surface area (Å²) >= 11 is 0. The summed E-state index contributed by atoms with van der Waals surface area (Å²) in [5.74, 6) is 0. The van der Waals surface area contributed by atoms with E-state index in [9.17, 15) is 0 Å². The molecule has 1 aliphatic rings. The van der Waals surface area contributed by atoms with Crippen molar-refractivity contribution in [3.8, 4) is 22.5 Å². The van der Waals surface area contributed by atoms with Crippen molar-refractivity contribution in [3.05, 3.63) is 248 Å². The highest BCUT2D eigenvalue weighted by molar-refractivity contribution is 6.12. The van der Waals surface area contributed by atoms with Crippen molar-refractivity contribution in [2.75, 3.05) is 9.80 Å². The number of nitrogens with zero attached hydrogens (tertiary/aromatic N) is 4. The summed E-state index contributed by atoms with van der Waals surface area (Å²) in [7, 11) is 0. The van der Waals surface area contributed by atoms with Crippen LogP contribution in [0, 0.1) is 0 Å². The topological polar surface area (TPSA) is 16.3 Å². The average Bonchev–Trinajstić information content (AvgIpc) is 3.91. The van der Waals surface area contributed by atoms with Crippen LogP contribution in [0.25, 0.3) is 66.1 Å². The molecule has 12 rings (SSSR count). The predicted molar refractivity (Wildman–Crippen MR) is 282 cm³/mol. The molecule has 0 N–H and O–H groups in total. The maximum Gasteiger partial charge on any atom is 0.0541 e. The lowest BCUT2D eigenvalue weighted by Crippen LogP contribution is -2.17. The number of anilines is 5. The number of aromatic nitrogens is 2. The fraction of sp³-hybridized carbons (Fsp3) is 0.0645. The maximum absolute atomic E-state index is 2.41. The Bertz CT molecular complexity index is 3490. The molecule has 0 spiro atoms. The van der Waals surface area contributed by atoms with Gasteiger partial charge in [-0.15, -0.1) is 0 Å². The third-order valence-electron chi connectivity index (χ3n) is 12.7. The number of benzene rings is 9. The highest BCUT2D eigenvalue weighted by Crippen LogP contribution is 2.41. The van der Waals surface area contributed by atoms with Crippen LogP contribution in [0.4, 0.5) is 28.4 Å². The summed E-state index contributed by atoms with van der Waals surface area (Å²) in [6.07, 6.45) is 8.73. The Hall–Kier alpha value is -8.34. The van der Waals surface area contributed by atoms with Gasteiger partial charge in [-0.3, -0.25) is 0 Å². The summed E-state index contributed by atoms with van der Waals surface area (Å²) in [5, 5.41) is 4.96. The van der Waals surface area contributed by atoms with E-state index in [0.29, 0.717) is 0 Å². The molecule has 4 heteroatoms. The van der Waals surface area contributed by atoms with Crippen LogP contribution in [0.3, 0.4) is 0 Å². The van der Waals surface area contributed by atoms with E-state index >= 15 is 0 Å². The normalized spacial score (nSPS) is 12.3. The largest absolute Gasteiger partial charge is 0.314 e. The molecule has 318 valence electrons. The zero-order chi connectivity index (χ0) is 44.4. The molecule has 0 amide bonds. The lowest BCUT2D eigenvalue weighted by atomic mass is 10.0. The van der Waals surface area contributed by atoms with Crippen molar-refractivity contribution in [2.45, 2.75) is 26.7 Å². The first kappa shape index (κ1) is 40.4. The molecule has 2 aromatic heterocycles. The number of hydrogen-bond acceptors (Lipinski definition) is 2. The van der Waals surface area contributed by atoms with Crippen molar-refractivity contribution >= 4 is 72.0 Å². The zero-order valence-electron chi connectivity index (χ0n) is 37.3. The minimum absolute atomic E-state index is 1.01. The van der Waals surface area contributed by atoms with E-state index in [1.54, 1.807) is 0 Å². The van der Waals surface area contributed by atoms with Crippen molar-refractivity contribution in [1.29, 1.82) is 0 Å². The fourth-order valence-corrected chi connectivity index (χ4v) is 9.80. The minimum Gasteiger partial charge on any atom is -0.314 e. The van der Waals surface area contributed by atoms with Gasteiger partial charge in [0.2, 0.25) is 0 Å². The molecule has 0 saturated carbocycles. The van der Waals surface area contributed by atoms with Gasteiger partial charge in [-0.2, -0.15) is 0 Å². The van der Waals surface area contributed by atoms with Gasteiger partial charge in [-0.25, -0.2) is 0 Å². The lowest BCUT2D eigenvalue weighted by Gasteiger charge is -2.29. The van der Waals surface area contributed by atoms with Crippen molar-refractivity contribution in [3.63, 3.8) is 0 Å². The minimum atomic E-state index is 1.01. The van der Waals surface area contributed by atoms with Gasteiger partial charge < -0.3 is 18.9 Å². The second-order valence-electron chi connectivity index (χ2n) is 16.5. The monoisotopic (exact) mass is 850 g/mol. The highest BCUT2D eigenvalue weighted by Gasteiger charge is 2.19. The summed E-state index contributed by atoms with van der Waals surface area (Å²) in [5.41, 5.74) is 16.4. The molecule has 1 aliphatic carbocycles. The van der Waals surface area contributed by atoms with Gasteiger partial charge in [0.1, 0.15) is 0 Å². The van der Waals surface area contributed by atoms with Gasteiger partial charge in [0, 0.05) is 67.1 Å². The molecule has 0 unspecified atom stereocenters. The maximum atomic E-state index is 2.41.